The fraction of sp³-hybridized carbons (Fsp3) is 0.294. The molecule has 0 saturated heterocycles. The van der Waals surface area contributed by atoms with Gasteiger partial charge in [0.05, 0.1) is 11.8 Å². The molecule has 0 saturated carbocycles. The highest BCUT2D eigenvalue weighted by Crippen LogP contribution is 2.30. The number of amides is 1. The van der Waals surface area contributed by atoms with Crippen LogP contribution in [0.5, 0.6) is 0 Å². The molecule has 1 heterocycles. The molecule has 3 rings (SSSR count). The Labute approximate surface area is 138 Å². The number of carbonyl (C=O) groups is 1. The third-order valence-corrected chi connectivity index (χ3v) is 5.63. The molecule has 1 aliphatic rings. The Hall–Kier alpha value is -1.59. The summed E-state index contributed by atoms with van der Waals surface area (Å²) in [6, 6.07) is 8.08. The monoisotopic (exact) mass is 330 g/mol. The quantitative estimate of drug-likeness (QED) is 0.521. The third kappa shape index (κ3) is 3.42. The summed E-state index contributed by atoms with van der Waals surface area (Å²) in [5.41, 5.74) is 5.65. The Bertz CT molecular complexity index is 689. The average molecular weight is 330 g/mol. The molecular weight excluding hydrogens is 312 g/mol. The Balaban J connectivity index is 1.64. The standard InChI is InChI=1S/C17H18N2OS2/c1-21-13-8-6-12(7-9-13)10-18-19-17(20)15-11-22-16-5-3-2-4-14(15)16/h6-11H,2-5H2,1H3,(H,19,20)/b18-10-. The fourth-order valence-electron chi connectivity index (χ4n) is 2.60. The lowest BCUT2D eigenvalue weighted by molar-refractivity contribution is 0.0954. The van der Waals surface area contributed by atoms with Crippen LogP contribution in [0.2, 0.25) is 0 Å². The van der Waals surface area contributed by atoms with Crippen molar-refractivity contribution >= 4 is 35.2 Å². The second-order valence-electron chi connectivity index (χ2n) is 5.23. The highest BCUT2D eigenvalue weighted by Gasteiger charge is 2.19. The van der Waals surface area contributed by atoms with E-state index in [0.717, 1.165) is 24.0 Å². The summed E-state index contributed by atoms with van der Waals surface area (Å²) in [6.45, 7) is 0. The summed E-state index contributed by atoms with van der Waals surface area (Å²) in [4.78, 5) is 14.8. The van der Waals surface area contributed by atoms with Crippen molar-refractivity contribution in [3.8, 4) is 0 Å². The van der Waals surface area contributed by atoms with E-state index in [1.54, 1.807) is 29.3 Å². The van der Waals surface area contributed by atoms with E-state index >= 15 is 0 Å². The molecule has 0 aliphatic heterocycles. The van der Waals surface area contributed by atoms with Crippen LogP contribution in [0.25, 0.3) is 0 Å². The molecule has 3 nitrogen and oxygen atoms in total. The van der Waals surface area contributed by atoms with Gasteiger partial charge in [-0.2, -0.15) is 5.10 Å². The molecule has 0 spiro atoms. The number of thioether (sulfide) groups is 1. The van der Waals surface area contributed by atoms with Gasteiger partial charge in [0.15, 0.2) is 0 Å². The van der Waals surface area contributed by atoms with Crippen LogP contribution in [0, 0.1) is 0 Å². The van der Waals surface area contributed by atoms with E-state index in [-0.39, 0.29) is 5.91 Å². The van der Waals surface area contributed by atoms with Gasteiger partial charge in [0.1, 0.15) is 0 Å². The van der Waals surface area contributed by atoms with Crippen LogP contribution in [0.4, 0.5) is 0 Å². The second-order valence-corrected chi connectivity index (χ2v) is 7.07. The first-order valence-corrected chi connectivity index (χ1v) is 9.45. The van der Waals surface area contributed by atoms with Gasteiger partial charge in [-0.1, -0.05) is 12.1 Å². The Morgan fingerprint density at radius 2 is 2.05 bits per heavy atom. The molecule has 0 radical (unpaired) electrons. The van der Waals surface area contributed by atoms with Crippen LogP contribution in [0.3, 0.4) is 0 Å². The molecular formula is C17H18N2OS2. The van der Waals surface area contributed by atoms with Crippen molar-refractivity contribution < 1.29 is 4.79 Å². The maximum absolute atomic E-state index is 12.2. The predicted octanol–water partition coefficient (Wildman–Crippen LogP) is 4.11. The summed E-state index contributed by atoms with van der Waals surface area (Å²) in [5, 5.41) is 6.04. The van der Waals surface area contributed by atoms with Crippen LogP contribution in [-0.2, 0) is 12.8 Å². The molecule has 1 aromatic carbocycles. The minimum atomic E-state index is -0.101. The van der Waals surface area contributed by atoms with E-state index in [2.05, 4.69) is 10.5 Å². The Morgan fingerprint density at radius 1 is 1.27 bits per heavy atom. The maximum Gasteiger partial charge on any atom is 0.272 e. The van der Waals surface area contributed by atoms with Gasteiger partial charge in [-0.25, -0.2) is 5.43 Å². The molecule has 1 N–H and O–H groups in total. The van der Waals surface area contributed by atoms with Crippen LogP contribution in [0.1, 0.15) is 39.2 Å². The van der Waals surface area contributed by atoms with Gasteiger partial charge in [-0.15, -0.1) is 23.1 Å². The summed E-state index contributed by atoms with van der Waals surface area (Å²) in [7, 11) is 0. The summed E-state index contributed by atoms with van der Waals surface area (Å²) < 4.78 is 0. The van der Waals surface area contributed by atoms with Crippen LogP contribution in [0.15, 0.2) is 39.6 Å². The fourth-order valence-corrected chi connectivity index (χ4v) is 4.13. The maximum atomic E-state index is 12.2. The largest absolute Gasteiger partial charge is 0.272 e. The van der Waals surface area contributed by atoms with Gasteiger partial charge < -0.3 is 0 Å². The number of rotatable bonds is 4. The molecule has 0 atom stereocenters. The molecule has 0 unspecified atom stereocenters. The molecule has 0 bridgehead atoms. The Kier molecular flexibility index (Phi) is 4.95. The molecule has 114 valence electrons. The number of hydrazone groups is 1. The summed E-state index contributed by atoms with van der Waals surface area (Å²) >= 11 is 3.40. The minimum absolute atomic E-state index is 0.101. The number of nitrogens with zero attached hydrogens (tertiary/aromatic N) is 1. The lowest BCUT2D eigenvalue weighted by atomic mass is 9.96. The normalized spacial score (nSPS) is 14.0. The smallest absolute Gasteiger partial charge is 0.267 e. The van der Waals surface area contributed by atoms with E-state index in [4.69, 9.17) is 0 Å². The zero-order valence-electron chi connectivity index (χ0n) is 12.5. The van der Waals surface area contributed by atoms with Crippen molar-refractivity contribution in [1.82, 2.24) is 5.43 Å². The van der Waals surface area contributed by atoms with Gasteiger partial charge in [-0.05, 0) is 55.2 Å². The van der Waals surface area contributed by atoms with Crippen molar-refractivity contribution in [3.63, 3.8) is 0 Å². The molecule has 5 heteroatoms. The zero-order chi connectivity index (χ0) is 15.4. The molecule has 1 aliphatic carbocycles. The SMILES string of the molecule is CSc1ccc(/C=N\NC(=O)c2csc3c2CCCC3)cc1. The third-order valence-electron chi connectivity index (χ3n) is 3.80. The van der Waals surface area contributed by atoms with Crippen LogP contribution < -0.4 is 5.43 Å². The van der Waals surface area contributed by atoms with Gasteiger partial charge in [0.25, 0.3) is 5.91 Å². The number of hydrogen-bond acceptors (Lipinski definition) is 4. The van der Waals surface area contributed by atoms with Gasteiger partial charge in [0, 0.05) is 15.2 Å². The number of benzene rings is 1. The summed E-state index contributed by atoms with van der Waals surface area (Å²) in [6.07, 6.45) is 8.26. The van der Waals surface area contributed by atoms with Crippen molar-refractivity contribution in [3.05, 3.63) is 51.2 Å². The van der Waals surface area contributed by atoms with Gasteiger partial charge in [0.2, 0.25) is 0 Å². The van der Waals surface area contributed by atoms with E-state index in [1.807, 2.05) is 35.9 Å². The number of nitrogens with one attached hydrogen (secondary N) is 1. The van der Waals surface area contributed by atoms with Crippen molar-refractivity contribution in [2.24, 2.45) is 5.10 Å². The van der Waals surface area contributed by atoms with Gasteiger partial charge in [-0.3, -0.25) is 4.79 Å². The molecule has 1 aromatic heterocycles. The first kappa shape index (κ1) is 15.3. The number of aryl methyl sites for hydroxylation is 1. The summed E-state index contributed by atoms with van der Waals surface area (Å²) in [5.74, 6) is -0.101. The average Bonchev–Trinajstić information content (AvgIpc) is 2.99. The topological polar surface area (TPSA) is 41.5 Å². The van der Waals surface area contributed by atoms with E-state index in [9.17, 15) is 4.79 Å². The first-order chi connectivity index (χ1) is 10.8. The number of hydrogen-bond donors (Lipinski definition) is 1. The number of thiophene rings is 1. The van der Waals surface area contributed by atoms with Crippen LogP contribution in [-0.4, -0.2) is 18.4 Å². The van der Waals surface area contributed by atoms with Crippen molar-refractivity contribution in [2.45, 2.75) is 30.6 Å². The molecule has 0 fully saturated rings. The van der Waals surface area contributed by atoms with Crippen molar-refractivity contribution in [1.29, 1.82) is 0 Å². The van der Waals surface area contributed by atoms with Gasteiger partial charge >= 0.3 is 0 Å². The lowest BCUT2D eigenvalue weighted by Gasteiger charge is -2.11. The van der Waals surface area contributed by atoms with E-state index < -0.39 is 0 Å². The highest BCUT2D eigenvalue weighted by molar-refractivity contribution is 7.98. The molecule has 1 amide bonds. The van der Waals surface area contributed by atoms with Crippen molar-refractivity contribution in [2.75, 3.05) is 6.26 Å². The number of carbonyl (C=O) groups excluding carboxylic acids is 1. The van der Waals surface area contributed by atoms with Crippen LogP contribution >= 0.6 is 23.1 Å². The molecule has 22 heavy (non-hydrogen) atoms. The van der Waals surface area contributed by atoms with E-state index in [0.29, 0.717) is 0 Å². The van der Waals surface area contributed by atoms with E-state index in [1.165, 1.54) is 28.2 Å². The second kappa shape index (κ2) is 7.11. The Morgan fingerprint density at radius 3 is 2.82 bits per heavy atom. The lowest BCUT2D eigenvalue weighted by Crippen LogP contribution is -2.19. The first-order valence-electron chi connectivity index (χ1n) is 7.34. The molecule has 2 aromatic rings. The predicted molar refractivity (Wildman–Crippen MR) is 94.2 cm³/mol. The number of fused-ring (bicyclic) bond motifs is 1. The minimum Gasteiger partial charge on any atom is -0.267 e. The zero-order valence-corrected chi connectivity index (χ0v) is 14.1. The highest BCUT2D eigenvalue weighted by atomic mass is 32.2.